The minimum atomic E-state index is -1.38. The van der Waals surface area contributed by atoms with Gasteiger partial charge in [-0.1, -0.05) is 13.3 Å². The molecule has 0 rings (SSSR count). The Hall–Kier alpha value is -0.263. The van der Waals surface area contributed by atoms with Crippen LogP contribution in [0.2, 0.25) is 19.6 Å². The van der Waals surface area contributed by atoms with Crippen LogP contribution in [0.5, 0.6) is 0 Å². The summed E-state index contributed by atoms with van der Waals surface area (Å²) in [7, 11) is -1.38. The van der Waals surface area contributed by atoms with Crippen molar-refractivity contribution in [1.82, 2.24) is 0 Å². The second kappa shape index (κ2) is 6.23. The van der Waals surface area contributed by atoms with Crippen LogP contribution < -0.4 is 0 Å². The van der Waals surface area contributed by atoms with Crippen LogP contribution >= 0.6 is 0 Å². The highest BCUT2D eigenvalue weighted by Gasteiger charge is 2.19. The van der Waals surface area contributed by atoms with Gasteiger partial charge in [0.05, 0.1) is 0 Å². The van der Waals surface area contributed by atoms with Crippen molar-refractivity contribution in [2.75, 3.05) is 0 Å². The van der Waals surface area contributed by atoms with Crippen LogP contribution in [0.15, 0.2) is 0 Å². The maximum Gasteiger partial charge on any atom is 0.184 e. The third-order valence-corrected chi connectivity index (χ3v) is 2.78. The predicted molar refractivity (Wildman–Crippen MR) is 61.2 cm³/mol. The van der Waals surface area contributed by atoms with Crippen LogP contribution in [-0.2, 0) is 4.43 Å². The first-order valence-electron chi connectivity index (χ1n) is 5.11. The zero-order chi connectivity index (χ0) is 10.3. The molecule has 0 aliphatic rings. The molecule has 0 aromatic carbocycles. The van der Waals surface area contributed by atoms with Gasteiger partial charge in [0, 0.05) is 12.5 Å². The van der Waals surface area contributed by atoms with Gasteiger partial charge < -0.3 is 4.43 Å². The first kappa shape index (κ1) is 12.7. The molecule has 0 aromatic heterocycles. The van der Waals surface area contributed by atoms with Crippen molar-refractivity contribution in [3.63, 3.8) is 0 Å². The van der Waals surface area contributed by atoms with Crippen LogP contribution in [0.25, 0.3) is 0 Å². The van der Waals surface area contributed by atoms with Gasteiger partial charge in [0.1, 0.15) is 0 Å². The van der Waals surface area contributed by atoms with E-state index in [0.29, 0.717) is 6.10 Å². The molecule has 0 spiro atoms. The molecule has 0 N–H and O–H groups in total. The Kier molecular flexibility index (Phi) is 6.10. The van der Waals surface area contributed by atoms with E-state index >= 15 is 0 Å². The normalized spacial score (nSPS) is 13.8. The van der Waals surface area contributed by atoms with Crippen molar-refractivity contribution >= 4 is 8.32 Å². The summed E-state index contributed by atoms with van der Waals surface area (Å²) in [5, 5.41) is 0. The Morgan fingerprint density at radius 2 is 1.92 bits per heavy atom. The van der Waals surface area contributed by atoms with Crippen LogP contribution in [0, 0.1) is 12.3 Å². The van der Waals surface area contributed by atoms with E-state index < -0.39 is 8.32 Å². The molecule has 0 radical (unpaired) electrons. The maximum absolute atomic E-state index is 6.02. The van der Waals surface area contributed by atoms with E-state index in [1.165, 1.54) is 6.42 Å². The third kappa shape index (κ3) is 8.08. The van der Waals surface area contributed by atoms with Crippen molar-refractivity contribution in [2.24, 2.45) is 0 Å². The van der Waals surface area contributed by atoms with E-state index in [1.807, 2.05) is 0 Å². The van der Waals surface area contributed by atoms with Gasteiger partial charge in [-0.2, -0.15) is 0 Å². The monoisotopic (exact) mass is 198 g/mol. The first-order valence-corrected chi connectivity index (χ1v) is 8.51. The number of hydrogen-bond acceptors (Lipinski definition) is 1. The molecule has 0 bridgehead atoms. The number of rotatable bonds is 6. The van der Waals surface area contributed by atoms with E-state index in [-0.39, 0.29) is 0 Å². The van der Waals surface area contributed by atoms with E-state index in [2.05, 4.69) is 32.5 Å². The zero-order valence-corrected chi connectivity index (χ0v) is 10.4. The van der Waals surface area contributed by atoms with Gasteiger partial charge in [-0.25, -0.2) is 0 Å². The first-order chi connectivity index (χ1) is 5.99. The summed E-state index contributed by atoms with van der Waals surface area (Å²) < 4.78 is 6.02. The predicted octanol–water partition coefficient (Wildman–Crippen LogP) is 3.42. The molecule has 13 heavy (non-hydrogen) atoms. The van der Waals surface area contributed by atoms with Crippen molar-refractivity contribution in [3.8, 4) is 12.3 Å². The summed E-state index contributed by atoms with van der Waals surface area (Å²) in [4.78, 5) is 0. The van der Waals surface area contributed by atoms with E-state index in [9.17, 15) is 0 Å². The lowest BCUT2D eigenvalue weighted by Gasteiger charge is -2.25. The highest BCUT2D eigenvalue weighted by molar-refractivity contribution is 6.69. The lowest BCUT2D eigenvalue weighted by atomic mass is 10.1. The van der Waals surface area contributed by atoms with Crippen LogP contribution in [-0.4, -0.2) is 14.4 Å². The molecule has 1 nitrogen and oxygen atoms in total. The molecular formula is C11H22OSi. The second-order valence-corrected chi connectivity index (χ2v) is 8.84. The molecule has 1 atom stereocenters. The molecule has 0 aliphatic carbocycles. The molecule has 2 heteroatoms. The average molecular weight is 198 g/mol. The summed E-state index contributed by atoms with van der Waals surface area (Å²) in [6.45, 7) is 8.87. The van der Waals surface area contributed by atoms with E-state index in [1.54, 1.807) is 0 Å². The SMILES string of the molecule is C#CCCC(CCC)O[Si](C)(C)C. The second-order valence-electron chi connectivity index (χ2n) is 4.38. The third-order valence-electron chi connectivity index (χ3n) is 1.74. The van der Waals surface area contributed by atoms with E-state index in [4.69, 9.17) is 10.8 Å². The molecule has 0 amide bonds. The molecular weight excluding hydrogens is 176 g/mol. The van der Waals surface area contributed by atoms with Crippen LogP contribution in [0.4, 0.5) is 0 Å². The molecule has 0 aliphatic heterocycles. The Morgan fingerprint density at radius 1 is 1.31 bits per heavy atom. The highest BCUT2D eigenvalue weighted by Crippen LogP contribution is 2.15. The van der Waals surface area contributed by atoms with Gasteiger partial charge in [-0.05, 0) is 32.5 Å². The quantitative estimate of drug-likeness (QED) is 0.469. The molecule has 0 saturated heterocycles. The Morgan fingerprint density at radius 3 is 2.31 bits per heavy atom. The summed E-state index contributed by atoms with van der Waals surface area (Å²) in [5.74, 6) is 2.68. The number of terminal acetylenes is 1. The van der Waals surface area contributed by atoms with Gasteiger partial charge in [-0.15, -0.1) is 12.3 Å². The minimum Gasteiger partial charge on any atom is -0.415 e. The topological polar surface area (TPSA) is 9.23 Å². The lowest BCUT2D eigenvalue weighted by molar-refractivity contribution is 0.174. The Balaban J connectivity index is 3.88. The van der Waals surface area contributed by atoms with Gasteiger partial charge in [0.25, 0.3) is 0 Å². The van der Waals surface area contributed by atoms with Gasteiger partial charge >= 0.3 is 0 Å². The highest BCUT2D eigenvalue weighted by atomic mass is 28.4. The van der Waals surface area contributed by atoms with Crippen LogP contribution in [0.3, 0.4) is 0 Å². The van der Waals surface area contributed by atoms with Crippen molar-refractivity contribution in [3.05, 3.63) is 0 Å². The molecule has 0 heterocycles. The Labute approximate surface area is 84.0 Å². The van der Waals surface area contributed by atoms with Crippen molar-refractivity contribution in [1.29, 1.82) is 0 Å². The van der Waals surface area contributed by atoms with Gasteiger partial charge in [-0.3, -0.25) is 0 Å². The fourth-order valence-electron chi connectivity index (χ4n) is 1.33. The van der Waals surface area contributed by atoms with Crippen molar-refractivity contribution in [2.45, 2.75) is 58.4 Å². The molecule has 0 fully saturated rings. The molecule has 1 unspecified atom stereocenters. The number of hydrogen-bond donors (Lipinski definition) is 0. The molecule has 76 valence electrons. The zero-order valence-electron chi connectivity index (χ0n) is 9.39. The standard InChI is InChI=1S/C11H22OSi/c1-6-8-10-11(9-7-2)12-13(3,4)5/h1,11H,7-10H2,2-5H3. The smallest absolute Gasteiger partial charge is 0.184 e. The largest absolute Gasteiger partial charge is 0.415 e. The van der Waals surface area contributed by atoms with Gasteiger partial charge in [0.15, 0.2) is 8.32 Å². The van der Waals surface area contributed by atoms with Crippen molar-refractivity contribution < 1.29 is 4.43 Å². The minimum absolute atomic E-state index is 0.396. The fourth-order valence-corrected chi connectivity index (χ4v) is 2.56. The Bertz CT molecular complexity index is 164. The summed E-state index contributed by atoms with van der Waals surface area (Å²) in [6, 6.07) is 0. The van der Waals surface area contributed by atoms with Gasteiger partial charge in [0.2, 0.25) is 0 Å². The summed E-state index contributed by atoms with van der Waals surface area (Å²) in [5.41, 5.74) is 0. The lowest BCUT2D eigenvalue weighted by Crippen LogP contribution is -2.31. The maximum atomic E-state index is 6.02. The fraction of sp³-hybridized carbons (Fsp3) is 0.818. The average Bonchev–Trinajstić information content (AvgIpc) is 1.98. The van der Waals surface area contributed by atoms with Crippen LogP contribution in [0.1, 0.15) is 32.6 Å². The van der Waals surface area contributed by atoms with E-state index in [0.717, 1.165) is 19.3 Å². The summed E-state index contributed by atoms with van der Waals surface area (Å²) in [6.07, 6.45) is 9.83. The summed E-state index contributed by atoms with van der Waals surface area (Å²) >= 11 is 0. The molecule has 0 aromatic rings. The molecule has 0 saturated carbocycles.